The zero-order valence-corrected chi connectivity index (χ0v) is 11.9. The summed E-state index contributed by atoms with van der Waals surface area (Å²) in [5.41, 5.74) is 1.24. The Balaban J connectivity index is 1.86. The molecule has 4 heteroatoms. The number of carbonyl (C=O) groups is 1. The Hall–Kier alpha value is -1.86. The summed E-state index contributed by atoms with van der Waals surface area (Å²) in [6, 6.07) is 9.60. The lowest BCUT2D eigenvalue weighted by atomic mass is 9.94. The van der Waals surface area contributed by atoms with E-state index >= 15 is 0 Å². The van der Waals surface area contributed by atoms with Crippen LogP contribution in [0.2, 0.25) is 0 Å². The van der Waals surface area contributed by atoms with Crippen molar-refractivity contribution in [2.75, 3.05) is 18.9 Å². The van der Waals surface area contributed by atoms with E-state index in [9.17, 15) is 4.79 Å². The lowest BCUT2D eigenvalue weighted by Crippen LogP contribution is -2.39. The van der Waals surface area contributed by atoms with E-state index in [4.69, 9.17) is 5.26 Å². The van der Waals surface area contributed by atoms with Crippen LogP contribution in [0.25, 0.3) is 0 Å². The minimum atomic E-state index is -0.0202. The monoisotopic (exact) mass is 271 g/mol. The zero-order valence-electron chi connectivity index (χ0n) is 11.9. The first-order chi connectivity index (χ1) is 9.69. The Labute approximate surface area is 120 Å². The molecule has 1 amide bonds. The first-order valence-corrected chi connectivity index (χ1v) is 7.19. The van der Waals surface area contributed by atoms with Crippen LogP contribution >= 0.6 is 0 Å². The van der Waals surface area contributed by atoms with Gasteiger partial charge in [-0.05, 0) is 38.1 Å². The molecule has 0 atom stereocenters. The number of nitriles is 1. The van der Waals surface area contributed by atoms with Crippen molar-refractivity contribution in [1.29, 1.82) is 5.26 Å². The van der Waals surface area contributed by atoms with E-state index in [2.05, 4.69) is 16.3 Å². The van der Waals surface area contributed by atoms with Crippen molar-refractivity contribution in [1.82, 2.24) is 4.90 Å². The van der Waals surface area contributed by atoms with Gasteiger partial charge in [0.25, 0.3) is 0 Å². The molecule has 106 valence electrons. The predicted molar refractivity (Wildman–Crippen MR) is 79.3 cm³/mol. The van der Waals surface area contributed by atoms with E-state index in [0.717, 1.165) is 0 Å². The number of hydrogen-bond donors (Lipinski definition) is 1. The molecule has 0 saturated heterocycles. The average molecular weight is 271 g/mol. The molecule has 1 N–H and O–H groups in total. The summed E-state index contributed by atoms with van der Waals surface area (Å²) < 4.78 is 0. The Kier molecular flexibility index (Phi) is 5.14. The van der Waals surface area contributed by atoms with Crippen LogP contribution in [0.4, 0.5) is 5.69 Å². The highest BCUT2D eigenvalue weighted by Gasteiger charge is 2.19. The second-order valence-corrected chi connectivity index (χ2v) is 5.45. The van der Waals surface area contributed by atoms with Crippen LogP contribution in [0, 0.1) is 11.3 Å². The van der Waals surface area contributed by atoms with Crippen LogP contribution in [0.5, 0.6) is 0 Å². The second kappa shape index (κ2) is 7.06. The van der Waals surface area contributed by atoms with Crippen molar-refractivity contribution in [3.05, 3.63) is 29.8 Å². The quantitative estimate of drug-likeness (QED) is 0.916. The van der Waals surface area contributed by atoms with Crippen molar-refractivity contribution < 1.29 is 4.79 Å². The van der Waals surface area contributed by atoms with E-state index in [1.165, 1.54) is 32.1 Å². The summed E-state index contributed by atoms with van der Waals surface area (Å²) in [6.45, 7) is 0.404. The molecule has 4 nitrogen and oxygen atoms in total. The number of benzene rings is 1. The van der Waals surface area contributed by atoms with E-state index in [0.29, 0.717) is 23.8 Å². The van der Waals surface area contributed by atoms with Crippen LogP contribution < -0.4 is 5.32 Å². The maximum absolute atomic E-state index is 12.0. The van der Waals surface area contributed by atoms with Crippen LogP contribution in [-0.2, 0) is 4.79 Å². The number of rotatable bonds is 4. The van der Waals surface area contributed by atoms with Crippen molar-refractivity contribution >= 4 is 11.6 Å². The first kappa shape index (κ1) is 14.5. The third-order valence-electron chi connectivity index (χ3n) is 3.87. The van der Waals surface area contributed by atoms with Gasteiger partial charge in [0.2, 0.25) is 5.91 Å². The van der Waals surface area contributed by atoms with Gasteiger partial charge in [-0.25, -0.2) is 0 Å². The van der Waals surface area contributed by atoms with Crippen LogP contribution in [0.1, 0.15) is 37.7 Å². The minimum absolute atomic E-state index is 0.0202. The number of hydrogen-bond acceptors (Lipinski definition) is 3. The predicted octanol–water partition coefficient (Wildman–Crippen LogP) is 2.76. The van der Waals surface area contributed by atoms with Gasteiger partial charge in [0.15, 0.2) is 0 Å². The van der Waals surface area contributed by atoms with Crippen molar-refractivity contribution in [3.63, 3.8) is 0 Å². The fourth-order valence-electron chi connectivity index (χ4n) is 2.74. The molecule has 1 aliphatic rings. The van der Waals surface area contributed by atoms with Gasteiger partial charge in [-0.15, -0.1) is 0 Å². The number of nitrogens with one attached hydrogen (secondary N) is 1. The van der Waals surface area contributed by atoms with Gasteiger partial charge >= 0.3 is 0 Å². The summed E-state index contributed by atoms with van der Waals surface area (Å²) in [6.07, 6.45) is 6.22. The van der Waals surface area contributed by atoms with Gasteiger partial charge in [0, 0.05) is 11.7 Å². The first-order valence-electron chi connectivity index (χ1n) is 7.19. The maximum atomic E-state index is 12.0. The fourth-order valence-corrected chi connectivity index (χ4v) is 2.74. The van der Waals surface area contributed by atoms with E-state index in [1.807, 2.05) is 7.05 Å². The van der Waals surface area contributed by atoms with E-state index in [1.54, 1.807) is 24.3 Å². The molecule has 1 aromatic rings. The van der Waals surface area contributed by atoms with Crippen molar-refractivity contribution in [2.24, 2.45) is 0 Å². The van der Waals surface area contributed by atoms with Gasteiger partial charge in [-0.1, -0.05) is 25.3 Å². The molecule has 2 rings (SSSR count). The lowest BCUT2D eigenvalue weighted by Gasteiger charge is -2.30. The maximum Gasteiger partial charge on any atom is 0.238 e. The number of likely N-dealkylation sites (N-methyl/N-ethyl adjacent to an activating group) is 1. The van der Waals surface area contributed by atoms with E-state index < -0.39 is 0 Å². The molecule has 1 aliphatic carbocycles. The van der Waals surface area contributed by atoms with Crippen LogP contribution in [0.3, 0.4) is 0 Å². The molecule has 0 radical (unpaired) electrons. The molecule has 20 heavy (non-hydrogen) atoms. The molecule has 0 unspecified atom stereocenters. The smallest absolute Gasteiger partial charge is 0.238 e. The zero-order chi connectivity index (χ0) is 14.4. The minimum Gasteiger partial charge on any atom is -0.325 e. The van der Waals surface area contributed by atoms with Gasteiger partial charge in [0.1, 0.15) is 0 Å². The molecule has 0 aliphatic heterocycles. The third-order valence-corrected chi connectivity index (χ3v) is 3.87. The summed E-state index contributed by atoms with van der Waals surface area (Å²) >= 11 is 0. The molecular weight excluding hydrogens is 250 g/mol. The standard InChI is InChI=1S/C16H21N3O/c1-19(15-8-3-2-4-9-15)12-16(20)18-14-7-5-6-13(10-14)11-17/h5-7,10,15H,2-4,8-9,12H2,1H3,(H,18,20). The normalized spacial score (nSPS) is 15.8. The van der Waals surface area contributed by atoms with Crippen LogP contribution in [0.15, 0.2) is 24.3 Å². The highest BCUT2D eigenvalue weighted by atomic mass is 16.2. The fraction of sp³-hybridized carbons (Fsp3) is 0.500. The van der Waals surface area contributed by atoms with Crippen LogP contribution in [-0.4, -0.2) is 30.4 Å². The van der Waals surface area contributed by atoms with E-state index in [-0.39, 0.29) is 5.91 Å². The number of nitrogens with zero attached hydrogens (tertiary/aromatic N) is 2. The second-order valence-electron chi connectivity index (χ2n) is 5.45. The van der Waals surface area contributed by atoms with Gasteiger partial charge in [0.05, 0.1) is 18.2 Å². The third kappa shape index (κ3) is 4.07. The van der Waals surface area contributed by atoms with Gasteiger partial charge in [-0.3, -0.25) is 9.69 Å². The Morgan fingerprint density at radius 2 is 2.15 bits per heavy atom. The summed E-state index contributed by atoms with van der Waals surface area (Å²) in [4.78, 5) is 14.2. The van der Waals surface area contributed by atoms with Crippen molar-refractivity contribution in [3.8, 4) is 6.07 Å². The molecule has 1 fully saturated rings. The van der Waals surface area contributed by atoms with Crippen molar-refractivity contribution in [2.45, 2.75) is 38.1 Å². The Bertz CT molecular complexity index is 501. The van der Waals surface area contributed by atoms with Gasteiger partial charge in [-0.2, -0.15) is 5.26 Å². The number of amides is 1. The molecule has 0 spiro atoms. The van der Waals surface area contributed by atoms with Gasteiger partial charge < -0.3 is 5.32 Å². The highest BCUT2D eigenvalue weighted by Crippen LogP contribution is 2.21. The molecule has 1 saturated carbocycles. The molecule has 1 aromatic carbocycles. The molecular formula is C16H21N3O. The average Bonchev–Trinajstić information content (AvgIpc) is 2.48. The summed E-state index contributed by atoms with van der Waals surface area (Å²) in [5.74, 6) is -0.0202. The largest absolute Gasteiger partial charge is 0.325 e. The number of anilines is 1. The summed E-state index contributed by atoms with van der Waals surface area (Å²) in [7, 11) is 2.02. The number of carbonyl (C=O) groups excluding carboxylic acids is 1. The molecule has 0 bridgehead atoms. The Morgan fingerprint density at radius 1 is 1.40 bits per heavy atom. The molecule has 0 aromatic heterocycles. The SMILES string of the molecule is CN(CC(=O)Nc1cccc(C#N)c1)C1CCCCC1. The highest BCUT2D eigenvalue weighted by molar-refractivity contribution is 5.92. The molecule has 0 heterocycles. The summed E-state index contributed by atoms with van der Waals surface area (Å²) in [5, 5.41) is 11.7. The topological polar surface area (TPSA) is 56.1 Å². The Morgan fingerprint density at radius 3 is 2.85 bits per heavy atom. The lowest BCUT2D eigenvalue weighted by molar-refractivity contribution is -0.117.